The highest BCUT2D eigenvalue weighted by Crippen LogP contribution is 2.21. The van der Waals surface area contributed by atoms with Gasteiger partial charge in [0.15, 0.2) is 0 Å². The van der Waals surface area contributed by atoms with E-state index in [2.05, 4.69) is 10.6 Å². The number of amides is 4. The minimum Gasteiger partial charge on any atom is -0.508 e. The van der Waals surface area contributed by atoms with Crippen LogP contribution in [0.25, 0.3) is 0 Å². The van der Waals surface area contributed by atoms with E-state index in [9.17, 15) is 29.5 Å². The predicted molar refractivity (Wildman–Crippen MR) is 140 cm³/mol. The molecule has 3 rings (SSSR count). The Hall–Kier alpha value is -3.92. The number of hydrogen-bond acceptors (Lipinski definition) is 6. The summed E-state index contributed by atoms with van der Waals surface area (Å²) >= 11 is 0. The van der Waals surface area contributed by atoms with Crippen molar-refractivity contribution in [3.05, 3.63) is 65.2 Å². The molecule has 2 atom stereocenters. The van der Waals surface area contributed by atoms with E-state index in [1.807, 2.05) is 26.8 Å². The predicted octanol–water partition coefficient (Wildman–Crippen LogP) is 2.17. The number of nitrogens with zero attached hydrogens (tertiary/aromatic N) is 2. The van der Waals surface area contributed by atoms with Crippen LogP contribution in [0, 0.1) is 6.92 Å². The molecule has 0 aromatic heterocycles. The van der Waals surface area contributed by atoms with E-state index in [1.54, 1.807) is 31.2 Å². The van der Waals surface area contributed by atoms with Gasteiger partial charge in [-0.25, -0.2) is 5.06 Å². The molecular weight excluding hydrogens is 488 g/mol. The molecule has 4 N–H and O–H groups in total. The van der Waals surface area contributed by atoms with Crippen molar-refractivity contribution in [3.8, 4) is 5.75 Å². The maximum atomic E-state index is 13.3. The number of nitrogens with one attached hydrogen (secondary N) is 2. The summed E-state index contributed by atoms with van der Waals surface area (Å²) in [5, 5.41) is 26.4. The first-order valence-corrected chi connectivity index (χ1v) is 12.6. The van der Waals surface area contributed by atoms with Gasteiger partial charge in [0.2, 0.25) is 11.8 Å². The van der Waals surface area contributed by atoms with E-state index < -0.39 is 41.9 Å². The van der Waals surface area contributed by atoms with Crippen LogP contribution in [0.3, 0.4) is 0 Å². The molecule has 10 nitrogen and oxygen atoms in total. The van der Waals surface area contributed by atoms with E-state index in [0.717, 1.165) is 5.56 Å². The first-order chi connectivity index (χ1) is 17.9. The summed E-state index contributed by atoms with van der Waals surface area (Å²) in [6.07, 6.45) is 1.18. The zero-order valence-corrected chi connectivity index (χ0v) is 22.2. The van der Waals surface area contributed by atoms with Gasteiger partial charge in [-0.2, -0.15) is 0 Å². The number of phenolic OH excluding ortho intramolecular Hbond substituents is 1. The number of carbonyl (C=O) groups is 4. The summed E-state index contributed by atoms with van der Waals surface area (Å²) in [4.78, 5) is 53.4. The van der Waals surface area contributed by atoms with Gasteiger partial charge in [0.05, 0.1) is 0 Å². The van der Waals surface area contributed by atoms with Crippen molar-refractivity contribution in [1.82, 2.24) is 20.6 Å². The third kappa shape index (κ3) is 7.32. The Kier molecular flexibility index (Phi) is 9.11. The number of benzene rings is 2. The molecule has 1 aliphatic heterocycles. The first-order valence-electron chi connectivity index (χ1n) is 12.6. The van der Waals surface area contributed by atoms with E-state index in [1.165, 1.54) is 23.1 Å². The summed E-state index contributed by atoms with van der Waals surface area (Å²) in [6.45, 7) is 6.80. The van der Waals surface area contributed by atoms with Crippen molar-refractivity contribution in [3.63, 3.8) is 0 Å². The molecular formula is C28H36N4O6. The molecule has 10 heteroatoms. The van der Waals surface area contributed by atoms with Crippen LogP contribution in [-0.2, 0) is 20.8 Å². The number of hydrogen-bond donors (Lipinski definition) is 4. The molecule has 0 bridgehead atoms. The summed E-state index contributed by atoms with van der Waals surface area (Å²) in [7, 11) is 0. The van der Waals surface area contributed by atoms with Gasteiger partial charge in [-0.05, 0) is 58.2 Å². The van der Waals surface area contributed by atoms with Crippen molar-refractivity contribution in [2.75, 3.05) is 13.1 Å². The average Bonchev–Trinajstić information content (AvgIpc) is 3.35. The molecule has 1 saturated heterocycles. The van der Waals surface area contributed by atoms with Gasteiger partial charge in [-0.1, -0.05) is 36.4 Å². The van der Waals surface area contributed by atoms with Crippen LogP contribution in [-0.4, -0.2) is 74.6 Å². The van der Waals surface area contributed by atoms with Gasteiger partial charge < -0.3 is 20.6 Å². The Balaban J connectivity index is 1.75. The minimum atomic E-state index is -1.19. The minimum absolute atomic E-state index is 0.0615. The Morgan fingerprint density at radius 3 is 2.42 bits per heavy atom. The molecule has 0 unspecified atom stereocenters. The summed E-state index contributed by atoms with van der Waals surface area (Å²) in [5.41, 5.74) is 0.795. The maximum absolute atomic E-state index is 13.3. The van der Waals surface area contributed by atoms with Crippen molar-refractivity contribution in [2.24, 2.45) is 0 Å². The summed E-state index contributed by atoms with van der Waals surface area (Å²) in [5.74, 6) is -2.39. The zero-order chi connectivity index (χ0) is 28.0. The molecule has 4 amide bonds. The highest BCUT2D eigenvalue weighted by atomic mass is 16.5. The molecule has 0 saturated carbocycles. The highest BCUT2D eigenvalue weighted by molar-refractivity contribution is 5.99. The topological polar surface area (TPSA) is 139 Å². The molecule has 38 heavy (non-hydrogen) atoms. The summed E-state index contributed by atoms with van der Waals surface area (Å²) < 4.78 is 0. The lowest BCUT2D eigenvalue weighted by atomic mass is 10.0. The maximum Gasteiger partial charge on any atom is 0.269 e. The van der Waals surface area contributed by atoms with Crippen LogP contribution in [0.15, 0.2) is 48.5 Å². The molecule has 204 valence electrons. The van der Waals surface area contributed by atoms with Crippen LogP contribution in [0.2, 0.25) is 0 Å². The average molecular weight is 525 g/mol. The fraction of sp³-hybridized carbons (Fsp3) is 0.429. The van der Waals surface area contributed by atoms with Crippen molar-refractivity contribution in [1.29, 1.82) is 0 Å². The van der Waals surface area contributed by atoms with Crippen LogP contribution in [0.4, 0.5) is 0 Å². The second kappa shape index (κ2) is 12.1. The van der Waals surface area contributed by atoms with E-state index in [0.29, 0.717) is 30.0 Å². The van der Waals surface area contributed by atoms with Crippen molar-refractivity contribution >= 4 is 23.6 Å². The third-order valence-corrected chi connectivity index (χ3v) is 6.35. The zero-order valence-electron chi connectivity index (χ0n) is 22.2. The number of rotatable bonds is 8. The molecule has 0 radical (unpaired) electrons. The van der Waals surface area contributed by atoms with Gasteiger partial charge in [0.1, 0.15) is 24.4 Å². The molecule has 0 spiro atoms. The normalized spacial score (nSPS) is 16.0. The van der Waals surface area contributed by atoms with E-state index >= 15 is 0 Å². The largest absolute Gasteiger partial charge is 0.508 e. The van der Waals surface area contributed by atoms with Gasteiger partial charge in [-0.15, -0.1) is 0 Å². The fourth-order valence-corrected chi connectivity index (χ4v) is 4.42. The quantitative estimate of drug-likeness (QED) is 0.308. The molecule has 1 heterocycles. The molecule has 0 aliphatic carbocycles. The highest BCUT2D eigenvalue weighted by Gasteiger charge is 2.37. The lowest BCUT2D eigenvalue weighted by molar-refractivity contribution is -0.173. The molecule has 2 aromatic rings. The number of phenols is 1. The van der Waals surface area contributed by atoms with Gasteiger partial charge in [0.25, 0.3) is 11.8 Å². The Bertz CT molecular complexity index is 1180. The SMILES string of the molecule is Cc1c(O)cccc1C(=O)N[C@@H](Cc1ccccc1)C(=O)N(O)CC(=O)N1CCC[C@@H]1C(=O)NC(C)(C)C. The van der Waals surface area contributed by atoms with Gasteiger partial charge >= 0.3 is 0 Å². The van der Waals surface area contributed by atoms with Crippen LogP contribution in [0.5, 0.6) is 5.75 Å². The van der Waals surface area contributed by atoms with Crippen LogP contribution in [0.1, 0.15) is 55.1 Å². The lowest BCUT2D eigenvalue weighted by Crippen LogP contribution is -2.54. The second-order valence-electron chi connectivity index (χ2n) is 10.5. The second-order valence-corrected chi connectivity index (χ2v) is 10.5. The van der Waals surface area contributed by atoms with E-state index in [-0.39, 0.29) is 23.6 Å². The van der Waals surface area contributed by atoms with E-state index in [4.69, 9.17) is 0 Å². The van der Waals surface area contributed by atoms with Gasteiger partial charge in [0, 0.05) is 29.6 Å². The Morgan fingerprint density at radius 1 is 1.08 bits per heavy atom. The number of carbonyl (C=O) groups excluding carboxylic acids is 4. The van der Waals surface area contributed by atoms with Crippen molar-refractivity contribution < 1.29 is 29.5 Å². The smallest absolute Gasteiger partial charge is 0.269 e. The summed E-state index contributed by atoms with van der Waals surface area (Å²) in [6, 6.07) is 11.6. The van der Waals surface area contributed by atoms with Crippen molar-refractivity contribution in [2.45, 2.75) is 64.6 Å². The fourth-order valence-electron chi connectivity index (χ4n) is 4.42. The van der Waals surface area contributed by atoms with Gasteiger partial charge in [-0.3, -0.25) is 24.4 Å². The standard InChI is InChI=1S/C28H36N4O6/c1-18-20(12-8-14-23(18)33)25(35)29-21(16-19-10-6-5-7-11-19)27(37)32(38)17-24(34)31-15-9-13-22(31)26(36)30-28(2,3)4/h5-8,10-12,14,21-22,33,38H,9,13,15-17H2,1-4H3,(H,29,35)(H,30,36)/t21-,22+/m0/s1. The number of likely N-dealkylation sites (tertiary alicyclic amines) is 1. The molecule has 2 aromatic carbocycles. The Morgan fingerprint density at radius 2 is 1.76 bits per heavy atom. The Labute approximate surface area is 222 Å². The van der Waals surface area contributed by atoms with Crippen LogP contribution >= 0.6 is 0 Å². The number of hydroxylamine groups is 2. The molecule has 1 aliphatic rings. The number of aromatic hydroxyl groups is 1. The van der Waals surface area contributed by atoms with Crippen LogP contribution < -0.4 is 10.6 Å². The monoisotopic (exact) mass is 524 g/mol. The third-order valence-electron chi connectivity index (χ3n) is 6.35. The lowest BCUT2D eigenvalue weighted by Gasteiger charge is -2.29. The molecule has 1 fully saturated rings. The first kappa shape index (κ1) is 28.6.